The van der Waals surface area contributed by atoms with Crippen LogP contribution in [0.5, 0.6) is 0 Å². The number of nitrogens with zero attached hydrogens (tertiary/aromatic N) is 2. The first-order valence-electron chi connectivity index (χ1n) is 10.9. The van der Waals surface area contributed by atoms with Crippen molar-refractivity contribution in [3.05, 3.63) is 87.6 Å². The number of esters is 1. The molecule has 2 aromatic rings. The molecule has 1 atom stereocenters. The van der Waals surface area contributed by atoms with Crippen molar-refractivity contribution >= 4 is 34.5 Å². The molecule has 4 rings (SSSR count). The third kappa shape index (κ3) is 4.73. The standard InChI is InChI=1S/C26H27N3O3S/c1-5-21-23(25(31)32-4)24(18-8-6-7-17(3)13-18)29-20(15-33-26(29)28-21)14-22(30)27-19-11-9-16(2)10-12-19/h6-13,15,24H,5,14H2,1-4H3,(H,27,30)/t24-/m1/s1. The number of methoxy groups -OCH3 is 1. The molecule has 1 N–H and O–H groups in total. The van der Waals surface area contributed by atoms with E-state index in [9.17, 15) is 9.59 Å². The van der Waals surface area contributed by atoms with E-state index in [0.717, 1.165) is 33.2 Å². The maximum Gasteiger partial charge on any atom is 0.338 e. The maximum absolute atomic E-state index is 12.9. The zero-order valence-electron chi connectivity index (χ0n) is 19.2. The first-order chi connectivity index (χ1) is 15.9. The normalized spacial score (nSPS) is 17.3. The van der Waals surface area contributed by atoms with Gasteiger partial charge >= 0.3 is 5.97 Å². The molecule has 0 saturated carbocycles. The average molecular weight is 462 g/mol. The van der Waals surface area contributed by atoms with Crippen LogP contribution in [-0.4, -0.2) is 29.1 Å². The van der Waals surface area contributed by atoms with Crippen LogP contribution in [0.2, 0.25) is 0 Å². The second-order valence-corrected chi connectivity index (χ2v) is 8.94. The molecule has 2 heterocycles. The Kier molecular flexibility index (Phi) is 6.70. The largest absolute Gasteiger partial charge is 0.466 e. The summed E-state index contributed by atoms with van der Waals surface area (Å²) < 4.78 is 5.16. The number of carbonyl (C=O) groups excluding carboxylic acids is 2. The summed E-state index contributed by atoms with van der Waals surface area (Å²) in [6.07, 6.45) is 0.770. The van der Waals surface area contributed by atoms with Gasteiger partial charge < -0.3 is 15.0 Å². The van der Waals surface area contributed by atoms with Gasteiger partial charge in [0.05, 0.1) is 30.8 Å². The summed E-state index contributed by atoms with van der Waals surface area (Å²) in [5.41, 5.74) is 5.96. The van der Waals surface area contributed by atoms with Gasteiger partial charge in [-0.05, 0) is 43.4 Å². The lowest BCUT2D eigenvalue weighted by Gasteiger charge is -2.36. The number of amidine groups is 1. The monoisotopic (exact) mass is 461 g/mol. The van der Waals surface area contributed by atoms with E-state index in [1.807, 2.05) is 73.5 Å². The Bertz CT molecular complexity index is 1180. The van der Waals surface area contributed by atoms with Crippen LogP contribution in [0.15, 0.2) is 75.9 Å². The number of hydrogen-bond donors (Lipinski definition) is 1. The molecule has 0 aliphatic carbocycles. The third-order valence-corrected chi connectivity index (χ3v) is 6.55. The highest BCUT2D eigenvalue weighted by Gasteiger charge is 2.41. The zero-order valence-corrected chi connectivity index (χ0v) is 20.0. The van der Waals surface area contributed by atoms with E-state index in [0.29, 0.717) is 17.7 Å². The molecule has 0 fully saturated rings. The Morgan fingerprint density at radius 3 is 2.55 bits per heavy atom. The van der Waals surface area contributed by atoms with Crippen LogP contribution in [0.1, 0.15) is 42.5 Å². The number of hydrogen-bond acceptors (Lipinski definition) is 6. The summed E-state index contributed by atoms with van der Waals surface area (Å²) in [5.74, 6) is -0.527. The molecule has 0 saturated heterocycles. The number of rotatable bonds is 6. The van der Waals surface area contributed by atoms with Crippen molar-refractivity contribution in [2.24, 2.45) is 4.99 Å². The lowest BCUT2D eigenvalue weighted by molar-refractivity contribution is -0.136. The predicted molar refractivity (Wildman–Crippen MR) is 133 cm³/mol. The molecule has 33 heavy (non-hydrogen) atoms. The van der Waals surface area contributed by atoms with Crippen molar-refractivity contribution in [3.8, 4) is 0 Å². The Morgan fingerprint density at radius 2 is 1.88 bits per heavy atom. The van der Waals surface area contributed by atoms with E-state index in [4.69, 9.17) is 9.73 Å². The van der Waals surface area contributed by atoms with Gasteiger partial charge in [0, 0.05) is 11.4 Å². The molecule has 0 spiro atoms. The van der Waals surface area contributed by atoms with Gasteiger partial charge in [-0.15, -0.1) is 0 Å². The number of fused-ring (bicyclic) bond motifs is 1. The van der Waals surface area contributed by atoms with Crippen LogP contribution in [0.3, 0.4) is 0 Å². The van der Waals surface area contributed by atoms with Gasteiger partial charge in [0.1, 0.15) is 0 Å². The number of amides is 1. The highest BCUT2D eigenvalue weighted by molar-refractivity contribution is 8.16. The highest BCUT2D eigenvalue weighted by atomic mass is 32.2. The first kappa shape index (κ1) is 22.9. The van der Waals surface area contributed by atoms with E-state index < -0.39 is 12.0 Å². The van der Waals surface area contributed by atoms with Crippen LogP contribution < -0.4 is 5.32 Å². The number of carbonyl (C=O) groups is 2. The second kappa shape index (κ2) is 9.67. The fourth-order valence-electron chi connectivity index (χ4n) is 4.07. The van der Waals surface area contributed by atoms with Crippen molar-refractivity contribution in [2.75, 3.05) is 12.4 Å². The molecule has 0 bridgehead atoms. The molecular formula is C26H27N3O3S. The molecule has 0 aromatic heterocycles. The lowest BCUT2D eigenvalue weighted by Crippen LogP contribution is -2.37. The molecule has 6 nitrogen and oxygen atoms in total. The molecule has 0 radical (unpaired) electrons. The van der Waals surface area contributed by atoms with Crippen LogP contribution >= 0.6 is 11.8 Å². The molecule has 1 amide bonds. The number of nitrogens with one attached hydrogen (secondary N) is 1. The zero-order chi connectivity index (χ0) is 23.5. The van der Waals surface area contributed by atoms with Crippen LogP contribution in [0.25, 0.3) is 0 Å². The average Bonchev–Trinajstić information content (AvgIpc) is 3.20. The summed E-state index contributed by atoms with van der Waals surface area (Å²) >= 11 is 1.48. The Labute approximate surface area is 198 Å². The number of aryl methyl sites for hydroxylation is 2. The van der Waals surface area contributed by atoms with E-state index in [-0.39, 0.29) is 12.3 Å². The van der Waals surface area contributed by atoms with Crippen molar-refractivity contribution in [2.45, 2.75) is 39.7 Å². The van der Waals surface area contributed by atoms with Gasteiger partial charge in [0.25, 0.3) is 0 Å². The smallest absolute Gasteiger partial charge is 0.338 e. The summed E-state index contributed by atoms with van der Waals surface area (Å²) in [4.78, 5) is 32.6. The second-order valence-electron chi connectivity index (χ2n) is 8.10. The Hall–Kier alpha value is -3.32. The summed E-state index contributed by atoms with van der Waals surface area (Å²) in [5, 5.41) is 5.68. The summed E-state index contributed by atoms with van der Waals surface area (Å²) in [6.45, 7) is 6.01. The first-order valence-corrected chi connectivity index (χ1v) is 11.8. The van der Waals surface area contributed by atoms with E-state index in [1.54, 1.807) is 0 Å². The number of ether oxygens (including phenoxy) is 1. The van der Waals surface area contributed by atoms with Gasteiger partial charge in [-0.2, -0.15) is 0 Å². The van der Waals surface area contributed by atoms with Gasteiger partial charge in [-0.1, -0.05) is 66.2 Å². The number of anilines is 1. The predicted octanol–water partition coefficient (Wildman–Crippen LogP) is 5.47. The number of benzene rings is 2. The number of aliphatic imine (C=N–C) groups is 1. The minimum atomic E-state index is -0.409. The van der Waals surface area contributed by atoms with Crippen LogP contribution in [0, 0.1) is 13.8 Å². The van der Waals surface area contributed by atoms with E-state index in [1.165, 1.54) is 18.9 Å². The van der Waals surface area contributed by atoms with Crippen molar-refractivity contribution in [1.82, 2.24) is 4.90 Å². The van der Waals surface area contributed by atoms with Gasteiger partial charge in [0.15, 0.2) is 5.17 Å². The third-order valence-electron chi connectivity index (χ3n) is 5.66. The molecule has 0 unspecified atom stereocenters. The van der Waals surface area contributed by atoms with Crippen molar-refractivity contribution in [1.29, 1.82) is 0 Å². The molecule has 2 aliphatic rings. The topological polar surface area (TPSA) is 71.0 Å². The Morgan fingerprint density at radius 1 is 1.12 bits per heavy atom. The number of allylic oxidation sites excluding steroid dienone is 1. The van der Waals surface area contributed by atoms with E-state index >= 15 is 0 Å². The lowest BCUT2D eigenvalue weighted by atomic mass is 9.92. The van der Waals surface area contributed by atoms with Crippen LogP contribution in [0.4, 0.5) is 5.69 Å². The maximum atomic E-state index is 12.9. The van der Waals surface area contributed by atoms with E-state index in [2.05, 4.69) is 11.4 Å². The summed E-state index contributed by atoms with van der Waals surface area (Å²) in [7, 11) is 1.39. The molecule has 7 heteroatoms. The number of thioether (sulfide) groups is 1. The fourth-order valence-corrected chi connectivity index (χ4v) is 5.01. The van der Waals surface area contributed by atoms with Gasteiger partial charge in [-0.3, -0.25) is 4.79 Å². The molecule has 2 aromatic carbocycles. The van der Waals surface area contributed by atoms with Gasteiger partial charge in [-0.25, -0.2) is 9.79 Å². The van der Waals surface area contributed by atoms with Gasteiger partial charge in [0.2, 0.25) is 5.91 Å². The van der Waals surface area contributed by atoms with Crippen molar-refractivity contribution in [3.63, 3.8) is 0 Å². The minimum Gasteiger partial charge on any atom is -0.466 e. The highest BCUT2D eigenvalue weighted by Crippen LogP contribution is 2.45. The molecular weight excluding hydrogens is 434 g/mol. The Balaban J connectivity index is 1.68. The van der Waals surface area contributed by atoms with Crippen LogP contribution in [-0.2, 0) is 14.3 Å². The molecule has 170 valence electrons. The molecule has 2 aliphatic heterocycles. The quantitative estimate of drug-likeness (QED) is 0.578. The van der Waals surface area contributed by atoms with Crippen molar-refractivity contribution < 1.29 is 14.3 Å². The SMILES string of the molecule is CCC1=C(C(=O)OC)[C@@H](c2cccc(C)c2)N2C(CC(=O)Nc3ccc(C)cc3)=CSC2=N1. The summed E-state index contributed by atoms with van der Waals surface area (Å²) in [6, 6.07) is 15.4. The minimum absolute atomic E-state index is 0.125. The fraction of sp³-hybridized carbons (Fsp3) is 0.269.